The van der Waals surface area contributed by atoms with E-state index in [1.165, 1.54) is 0 Å². The number of carbonyl (C=O) groups is 1. The van der Waals surface area contributed by atoms with Crippen LogP contribution < -0.4 is 20.1 Å². The summed E-state index contributed by atoms with van der Waals surface area (Å²) in [4.78, 5) is 11.9. The fourth-order valence-corrected chi connectivity index (χ4v) is 2.06. The molecule has 0 bridgehead atoms. The van der Waals surface area contributed by atoms with E-state index in [1.807, 2.05) is 36.4 Å². The van der Waals surface area contributed by atoms with Gasteiger partial charge in [-0.2, -0.15) is 0 Å². The quantitative estimate of drug-likeness (QED) is 0.696. The molecule has 5 nitrogen and oxygen atoms in total. The summed E-state index contributed by atoms with van der Waals surface area (Å²) in [5.41, 5.74) is 1.82. The molecule has 126 valence electrons. The Balaban J connectivity index is 1.73. The van der Waals surface area contributed by atoms with Crippen molar-refractivity contribution in [3.05, 3.63) is 66.7 Å². The van der Waals surface area contributed by atoms with E-state index in [-0.39, 0.29) is 12.5 Å². The third-order valence-electron chi connectivity index (χ3n) is 3.28. The lowest BCUT2D eigenvalue weighted by Crippen LogP contribution is -2.27. The van der Waals surface area contributed by atoms with Crippen LogP contribution in [0.25, 0.3) is 0 Å². The lowest BCUT2D eigenvalue weighted by molar-refractivity contribution is -0.115. The van der Waals surface area contributed by atoms with Gasteiger partial charge in [0.05, 0.1) is 13.7 Å². The number of rotatable bonds is 9. The highest BCUT2D eigenvalue weighted by Crippen LogP contribution is 2.15. The molecule has 0 atom stereocenters. The maximum Gasteiger partial charge on any atom is 0.238 e. The molecule has 0 aromatic heterocycles. The number of benzene rings is 2. The smallest absolute Gasteiger partial charge is 0.238 e. The number of amides is 1. The highest BCUT2D eigenvalue weighted by molar-refractivity contribution is 5.92. The first-order valence-corrected chi connectivity index (χ1v) is 7.68. The van der Waals surface area contributed by atoms with Gasteiger partial charge < -0.3 is 20.1 Å². The van der Waals surface area contributed by atoms with E-state index in [9.17, 15) is 4.79 Å². The zero-order valence-electron chi connectivity index (χ0n) is 13.7. The third-order valence-corrected chi connectivity index (χ3v) is 3.28. The molecule has 0 unspecified atom stereocenters. The predicted molar refractivity (Wildman–Crippen MR) is 95.5 cm³/mol. The lowest BCUT2D eigenvalue weighted by atomic mass is 10.2. The normalized spacial score (nSPS) is 10.0. The van der Waals surface area contributed by atoms with Crippen molar-refractivity contribution in [2.24, 2.45) is 0 Å². The molecule has 1 amide bonds. The van der Waals surface area contributed by atoms with Gasteiger partial charge in [0.15, 0.2) is 0 Å². The Morgan fingerprint density at radius 1 is 1.08 bits per heavy atom. The first-order chi connectivity index (χ1) is 11.7. The van der Waals surface area contributed by atoms with Crippen molar-refractivity contribution in [3.63, 3.8) is 0 Å². The Bertz CT molecular complexity index is 651. The second-order valence-corrected chi connectivity index (χ2v) is 5.12. The van der Waals surface area contributed by atoms with Crippen LogP contribution in [0.3, 0.4) is 0 Å². The average molecular weight is 326 g/mol. The molecule has 0 aliphatic heterocycles. The number of anilines is 1. The summed E-state index contributed by atoms with van der Waals surface area (Å²) < 4.78 is 10.5. The minimum Gasteiger partial charge on any atom is -0.497 e. The monoisotopic (exact) mass is 326 g/mol. The van der Waals surface area contributed by atoms with Gasteiger partial charge in [-0.05, 0) is 42.0 Å². The summed E-state index contributed by atoms with van der Waals surface area (Å²) in [6.45, 7) is 4.91. The lowest BCUT2D eigenvalue weighted by Gasteiger charge is -2.08. The van der Waals surface area contributed by atoms with Crippen LogP contribution in [0.2, 0.25) is 0 Å². The maximum absolute atomic E-state index is 11.9. The minimum atomic E-state index is -0.0942. The molecule has 5 heteroatoms. The highest BCUT2D eigenvalue weighted by Gasteiger charge is 2.03. The molecule has 0 aliphatic carbocycles. The summed E-state index contributed by atoms with van der Waals surface area (Å²) in [7, 11) is 1.63. The first-order valence-electron chi connectivity index (χ1n) is 7.68. The van der Waals surface area contributed by atoms with Crippen molar-refractivity contribution in [2.75, 3.05) is 25.6 Å². The molecule has 0 aliphatic rings. The number of ether oxygens (including phenoxy) is 2. The standard InChI is InChI=1S/C19H22N2O3/c1-3-12-24-18-10-6-16(7-11-18)21-19(22)14-20-13-15-4-8-17(23-2)9-5-15/h3-11,20H,1,12-14H2,2H3,(H,21,22). The highest BCUT2D eigenvalue weighted by atomic mass is 16.5. The van der Waals surface area contributed by atoms with Crippen molar-refractivity contribution in [1.82, 2.24) is 5.32 Å². The van der Waals surface area contributed by atoms with Gasteiger partial charge in [-0.25, -0.2) is 0 Å². The third kappa shape index (κ3) is 5.78. The van der Waals surface area contributed by atoms with E-state index in [0.29, 0.717) is 13.2 Å². The molecule has 0 saturated heterocycles. The fourth-order valence-electron chi connectivity index (χ4n) is 2.06. The van der Waals surface area contributed by atoms with Crippen molar-refractivity contribution >= 4 is 11.6 Å². The fraction of sp³-hybridized carbons (Fsp3) is 0.211. The molecule has 24 heavy (non-hydrogen) atoms. The first kappa shape index (κ1) is 17.6. The van der Waals surface area contributed by atoms with Crippen LogP contribution in [0.1, 0.15) is 5.56 Å². The van der Waals surface area contributed by atoms with E-state index < -0.39 is 0 Å². The van der Waals surface area contributed by atoms with E-state index in [2.05, 4.69) is 17.2 Å². The topological polar surface area (TPSA) is 59.6 Å². The van der Waals surface area contributed by atoms with Gasteiger partial charge in [0.25, 0.3) is 0 Å². The van der Waals surface area contributed by atoms with E-state index in [0.717, 1.165) is 22.7 Å². The second-order valence-electron chi connectivity index (χ2n) is 5.12. The summed E-state index contributed by atoms with van der Waals surface area (Å²) in [5, 5.41) is 5.94. The number of hydrogen-bond acceptors (Lipinski definition) is 4. The zero-order chi connectivity index (χ0) is 17.2. The molecule has 0 fully saturated rings. The van der Waals surface area contributed by atoms with Gasteiger partial charge in [0.2, 0.25) is 5.91 Å². The maximum atomic E-state index is 11.9. The summed E-state index contributed by atoms with van der Waals surface area (Å²) in [6.07, 6.45) is 1.68. The Morgan fingerprint density at radius 3 is 2.38 bits per heavy atom. The van der Waals surface area contributed by atoms with Crippen molar-refractivity contribution in [3.8, 4) is 11.5 Å². The van der Waals surface area contributed by atoms with E-state index >= 15 is 0 Å². The van der Waals surface area contributed by atoms with Crippen LogP contribution in [-0.2, 0) is 11.3 Å². The van der Waals surface area contributed by atoms with Crippen LogP contribution in [0.4, 0.5) is 5.69 Å². The largest absolute Gasteiger partial charge is 0.497 e. The summed E-state index contributed by atoms with van der Waals surface area (Å²) in [5.74, 6) is 1.46. The van der Waals surface area contributed by atoms with Crippen molar-refractivity contribution < 1.29 is 14.3 Å². The van der Waals surface area contributed by atoms with Gasteiger partial charge in [-0.3, -0.25) is 4.79 Å². The van der Waals surface area contributed by atoms with Crippen LogP contribution in [0.5, 0.6) is 11.5 Å². The Hall–Kier alpha value is -2.79. The van der Waals surface area contributed by atoms with Crippen LogP contribution in [-0.4, -0.2) is 26.2 Å². The Labute approximate surface area is 142 Å². The van der Waals surface area contributed by atoms with Crippen molar-refractivity contribution in [1.29, 1.82) is 0 Å². The number of methoxy groups -OCH3 is 1. The van der Waals surface area contributed by atoms with Gasteiger partial charge in [0.1, 0.15) is 18.1 Å². The summed E-state index contributed by atoms with van der Waals surface area (Å²) >= 11 is 0. The molecule has 2 aromatic rings. The van der Waals surface area contributed by atoms with Crippen molar-refractivity contribution in [2.45, 2.75) is 6.54 Å². The Morgan fingerprint density at radius 2 is 1.75 bits per heavy atom. The molecule has 2 aromatic carbocycles. The van der Waals surface area contributed by atoms with Gasteiger partial charge in [0, 0.05) is 12.2 Å². The number of carbonyl (C=O) groups excluding carboxylic acids is 1. The SMILES string of the molecule is C=CCOc1ccc(NC(=O)CNCc2ccc(OC)cc2)cc1. The molecule has 0 heterocycles. The van der Waals surface area contributed by atoms with Crippen LogP contribution in [0.15, 0.2) is 61.2 Å². The summed E-state index contributed by atoms with van der Waals surface area (Å²) in [6, 6.07) is 14.9. The van der Waals surface area contributed by atoms with Crippen LogP contribution in [0, 0.1) is 0 Å². The second kappa shape index (κ2) is 9.37. The molecule has 2 N–H and O–H groups in total. The molecule has 0 saturated carbocycles. The van der Waals surface area contributed by atoms with Gasteiger partial charge in [-0.1, -0.05) is 24.8 Å². The molecular formula is C19H22N2O3. The molecule has 0 spiro atoms. The molecular weight excluding hydrogens is 304 g/mol. The number of hydrogen-bond donors (Lipinski definition) is 2. The number of nitrogens with one attached hydrogen (secondary N) is 2. The zero-order valence-corrected chi connectivity index (χ0v) is 13.7. The van der Waals surface area contributed by atoms with E-state index in [4.69, 9.17) is 9.47 Å². The molecule has 0 radical (unpaired) electrons. The van der Waals surface area contributed by atoms with Crippen LogP contribution >= 0.6 is 0 Å². The average Bonchev–Trinajstić information content (AvgIpc) is 2.62. The molecule has 2 rings (SSSR count). The van der Waals surface area contributed by atoms with Gasteiger partial charge >= 0.3 is 0 Å². The van der Waals surface area contributed by atoms with E-state index in [1.54, 1.807) is 25.3 Å². The Kier molecular flexibility index (Phi) is 6.86. The van der Waals surface area contributed by atoms with Gasteiger partial charge in [-0.15, -0.1) is 0 Å². The predicted octanol–water partition coefficient (Wildman–Crippen LogP) is 2.99. The minimum absolute atomic E-state index is 0.0942.